The van der Waals surface area contributed by atoms with Gasteiger partial charge in [0.25, 0.3) is 0 Å². The highest BCUT2D eigenvalue weighted by Crippen LogP contribution is 2.40. The highest BCUT2D eigenvalue weighted by Gasteiger charge is 2.54. The van der Waals surface area contributed by atoms with Crippen LogP contribution in [0.4, 0.5) is 0 Å². The van der Waals surface area contributed by atoms with Crippen molar-refractivity contribution in [1.82, 2.24) is 9.88 Å². The molecule has 0 unspecified atom stereocenters. The second-order valence-electron chi connectivity index (χ2n) is 7.65. The Morgan fingerprint density at radius 1 is 1.26 bits per heavy atom. The van der Waals surface area contributed by atoms with E-state index in [1.165, 1.54) is 5.56 Å². The number of hydrogen-bond acceptors (Lipinski definition) is 4. The van der Waals surface area contributed by atoms with E-state index < -0.39 is 0 Å². The van der Waals surface area contributed by atoms with Gasteiger partial charge in [-0.25, -0.2) is 0 Å². The molecule has 1 amide bonds. The summed E-state index contributed by atoms with van der Waals surface area (Å²) in [6.45, 7) is 5.32. The molecule has 0 N–H and O–H groups in total. The predicted molar refractivity (Wildman–Crippen MR) is 102 cm³/mol. The van der Waals surface area contributed by atoms with Gasteiger partial charge in [0.2, 0.25) is 5.91 Å². The minimum absolute atomic E-state index is 0.174. The molecule has 5 nitrogen and oxygen atoms in total. The minimum atomic E-state index is -0.215. The summed E-state index contributed by atoms with van der Waals surface area (Å²) < 4.78 is 11.9. The number of pyridine rings is 1. The third-order valence-corrected chi connectivity index (χ3v) is 5.64. The topological polar surface area (TPSA) is 51.7 Å². The van der Waals surface area contributed by atoms with E-state index in [0.717, 1.165) is 24.3 Å². The molecular weight excluding hydrogens is 340 g/mol. The van der Waals surface area contributed by atoms with Gasteiger partial charge in [-0.15, -0.1) is 0 Å². The third-order valence-electron chi connectivity index (χ3n) is 5.64. The first-order valence-electron chi connectivity index (χ1n) is 9.60. The van der Waals surface area contributed by atoms with Crippen molar-refractivity contribution in [1.29, 1.82) is 0 Å². The Kier molecular flexibility index (Phi) is 5.23. The molecule has 1 atom stereocenters. The van der Waals surface area contributed by atoms with Crippen LogP contribution >= 0.6 is 0 Å². The van der Waals surface area contributed by atoms with Gasteiger partial charge >= 0.3 is 0 Å². The second kappa shape index (κ2) is 7.79. The van der Waals surface area contributed by atoms with Crippen LogP contribution < -0.4 is 0 Å². The summed E-state index contributed by atoms with van der Waals surface area (Å²) in [5.74, 6) is 0.512. The van der Waals surface area contributed by atoms with Crippen LogP contribution in [0.5, 0.6) is 0 Å². The van der Waals surface area contributed by atoms with Gasteiger partial charge < -0.3 is 14.4 Å². The highest BCUT2D eigenvalue weighted by atomic mass is 16.5. The summed E-state index contributed by atoms with van der Waals surface area (Å²) in [7, 11) is 0. The third kappa shape index (κ3) is 4.04. The van der Waals surface area contributed by atoms with E-state index in [-0.39, 0.29) is 11.5 Å². The summed E-state index contributed by atoms with van der Waals surface area (Å²) in [5.41, 5.74) is 3.00. The highest BCUT2D eigenvalue weighted by molar-refractivity contribution is 5.80. The van der Waals surface area contributed by atoms with Crippen molar-refractivity contribution in [3.05, 3.63) is 65.5 Å². The molecule has 27 heavy (non-hydrogen) atoms. The fourth-order valence-corrected chi connectivity index (χ4v) is 3.93. The Balaban J connectivity index is 1.27. The number of amides is 1. The van der Waals surface area contributed by atoms with Crippen molar-refractivity contribution in [3.8, 4) is 0 Å². The molecule has 142 valence electrons. The van der Waals surface area contributed by atoms with E-state index in [2.05, 4.69) is 24.0 Å². The van der Waals surface area contributed by atoms with Crippen molar-refractivity contribution < 1.29 is 14.3 Å². The number of aromatic nitrogens is 1. The normalized spacial score (nSPS) is 20.6. The molecule has 1 spiro atoms. The lowest BCUT2D eigenvalue weighted by Gasteiger charge is -2.50. The van der Waals surface area contributed by atoms with Crippen LogP contribution in [0.1, 0.15) is 23.2 Å². The van der Waals surface area contributed by atoms with Crippen LogP contribution in [0.25, 0.3) is 0 Å². The molecule has 2 aliphatic heterocycles. The quantitative estimate of drug-likeness (QED) is 0.789. The van der Waals surface area contributed by atoms with Gasteiger partial charge in [0.05, 0.1) is 38.4 Å². The summed E-state index contributed by atoms with van der Waals surface area (Å²) in [6, 6.07) is 14.0. The molecule has 5 heteroatoms. The summed E-state index contributed by atoms with van der Waals surface area (Å²) >= 11 is 0. The fraction of sp³-hybridized carbons (Fsp3) is 0.455. The standard InChI is InChI=1S/C22H26N2O3/c1-17-5-7-18(8-6-17)12-21(25)24-15-22(16-24)19(9-11-27-22)13-26-14-20-4-2-3-10-23-20/h2-8,10,19H,9,11-16H2,1H3/t19-/m0/s1. The van der Waals surface area contributed by atoms with E-state index in [1.807, 2.05) is 35.2 Å². The van der Waals surface area contributed by atoms with Crippen LogP contribution in [0, 0.1) is 12.8 Å². The molecule has 0 aliphatic carbocycles. The molecule has 0 bridgehead atoms. The lowest BCUT2D eigenvalue weighted by molar-refractivity contribution is -0.168. The first kappa shape index (κ1) is 18.1. The number of carbonyl (C=O) groups excluding carboxylic acids is 1. The maximum Gasteiger partial charge on any atom is 0.227 e. The number of nitrogens with zero attached hydrogens (tertiary/aromatic N) is 2. The van der Waals surface area contributed by atoms with Crippen LogP contribution in [0.3, 0.4) is 0 Å². The number of likely N-dealkylation sites (tertiary alicyclic amines) is 1. The molecule has 0 radical (unpaired) electrons. The van der Waals surface area contributed by atoms with Gasteiger partial charge in [0.1, 0.15) is 5.60 Å². The fourth-order valence-electron chi connectivity index (χ4n) is 3.93. The lowest BCUT2D eigenvalue weighted by Crippen LogP contribution is -2.66. The largest absolute Gasteiger partial charge is 0.375 e. The number of ether oxygens (including phenoxy) is 2. The SMILES string of the molecule is Cc1ccc(CC(=O)N2CC3(C2)OCC[C@H]3COCc2ccccn2)cc1. The van der Waals surface area contributed by atoms with Crippen LogP contribution in [0.15, 0.2) is 48.7 Å². The number of carbonyl (C=O) groups is 1. The number of aryl methyl sites for hydroxylation is 1. The zero-order valence-corrected chi connectivity index (χ0v) is 15.8. The minimum Gasteiger partial charge on any atom is -0.375 e. The molecule has 4 rings (SSSR count). The number of rotatable bonds is 6. The van der Waals surface area contributed by atoms with Gasteiger partial charge in [0, 0.05) is 18.7 Å². The molecule has 2 aromatic rings. The molecule has 2 saturated heterocycles. The van der Waals surface area contributed by atoms with Crippen molar-refractivity contribution in [2.45, 2.75) is 32.0 Å². The summed E-state index contributed by atoms with van der Waals surface area (Å²) in [6.07, 6.45) is 3.22. The van der Waals surface area contributed by atoms with Gasteiger partial charge in [-0.1, -0.05) is 35.9 Å². The van der Waals surface area contributed by atoms with Crippen LogP contribution in [-0.2, 0) is 27.3 Å². The maximum absolute atomic E-state index is 12.6. The Hall–Kier alpha value is -2.24. The monoisotopic (exact) mass is 366 g/mol. The smallest absolute Gasteiger partial charge is 0.227 e. The number of benzene rings is 1. The lowest BCUT2D eigenvalue weighted by atomic mass is 9.81. The zero-order valence-electron chi connectivity index (χ0n) is 15.8. The number of hydrogen-bond donors (Lipinski definition) is 0. The Labute approximate surface area is 160 Å². The first-order chi connectivity index (χ1) is 13.1. The predicted octanol–water partition coefficient (Wildman–Crippen LogP) is 2.77. The van der Waals surface area contributed by atoms with Gasteiger partial charge in [-0.3, -0.25) is 9.78 Å². The molecule has 2 aliphatic rings. The van der Waals surface area contributed by atoms with Crippen LogP contribution in [-0.4, -0.2) is 47.7 Å². The molecule has 2 fully saturated rings. The van der Waals surface area contributed by atoms with E-state index in [1.54, 1.807) is 6.20 Å². The summed E-state index contributed by atoms with van der Waals surface area (Å²) in [4.78, 5) is 18.8. The molecule has 0 saturated carbocycles. The average molecular weight is 366 g/mol. The zero-order chi connectivity index (χ0) is 18.7. The average Bonchev–Trinajstić information content (AvgIpc) is 3.07. The molecule has 3 heterocycles. The molecular formula is C22H26N2O3. The molecule has 1 aromatic heterocycles. The van der Waals surface area contributed by atoms with E-state index in [4.69, 9.17) is 9.47 Å². The Morgan fingerprint density at radius 3 is 2.81 bits per heavy atom. The first-order valence-corrected chi connectivity index (χ1v) is 9.60. The van der Waals surface area contributed by atoms with Gasteiger partial charge in [-0.2, -0.15) is 0 Å². The van der Waals surface area contributed by atoms with Crippen molar-refractivity contribution in [2.75, 3.05) is 26.3 Å². The van der Waals surface area contributed by atoms with E-state index >= 15 is 0 Å². The van der Waals surface area contributed by atoms with Gasteiger partial charge in [0.15, 0.2) is 0 Å². The second-order valence-corrected chi connectivity index (χ2v) is 7.65. The van der Waals surface area contributed by atoms with Crippen molar-refractivity contribution in [3.63, 3.8) is 0 Å². The van der Waals surface area contributed by atoms with E-state index in [9.17, 15) is 4.79 Å². The van der Waals surface area contributed by atoms with Crippen LogP contribution in [0.2, 0.25) is 0 Å². The molecule has 1 aromatic carbocycles. The van der Waals surface area contributed by atoms with Crippen molar-refractivity contribution in [2.24, 2.45) is 5.92 Å². The Morgan fingerprint density at radius 2 is 2.07 bits per heavy atom. The summed E-state index contributed by atoms with van der Waals surface area (Å²) in [5, 5.41) is 0. The van der Waals surface area contributed by atoms with Gasteiger partial charge in [-0.05, 0) is 31.0 Å². The Bertz CT molecular complexity index is 770. The maximum atomic E-state index is 12.6. The van der Waals surface area contributed by atoms with Crippen molar-refractivity contribution >= 4 is 5.91 Å². The van der Waals surface area contributed by atoms with E-state index in [0.29, 0.717) is 38.6 Å².